The number of unbranched alkanes of at least 4 members (excludes halogenated alkanes) is 51. The summed E-state index contributed by atoms with van der Waals surface area (Å²) in [6.45, 7) is 4.97. The molecule has 0 aliphatic rings. The van der Waals surface area contributed by atoms with E-state index in [-0.39, 0.29) is 18.5 Å². The largest absolute Gasteiger partial charge is 0.466 e. The third-order valence-electron chi connectivity index (χ3n) is 16.1. The van der Waals surface area contributed by atoms with Gasteiger partial charge in [0.1, 0.15) is 0 Å². The Morgan fingerprint density at radius 3 is 0.959 bits per heavy atom. The molecule has 0 heterocycles. The Balaban J connectivity index is 3.40. The Kier molecular flexibility index (Phi) is 62.9. The van der Waals surface area contributed by atoms with E-state index in [1.807, 2.05) is 0 Å². The second-order valence-corrected chi connectivity index (χ2v) is 23.5. The molecule has 2 unspecified atom stereocenters. The lowest BCUT2D eigenvalue weighted by molar-refractivity contribution is -0.143. The highest BCUT2D eigenvalue weighted by Gasteiger charge is 2.20. The zero-order valence-electron chi connectivity index (χ0n) is 50.4. The summed E-state index contributed by atoms with van der Waals surface area (Å²) >= 11 is 0. The standard InChI is InChI=1S/C68H133NO5/c1-3-5-7-9-11-13-15-17-19-21-22-23-24-25-26-27-29-32-36-40-44-48-52-56-60-66(71)65(64-70)69-67(72)61-57-53-49-45-41-37-33-30-31-35-39-43-47-51-55-59-63-74-68(73)62-58-54-50-46-42-38-34-28-20-18-16-14-12-10-8-6-4-2/h18,20,65-66,70-71H,3-17,19,21-64H2,1-2H3,(H,69,72)/b20-18-. The van der Waals surface area contributed by atoms with Gasteiger partial charge in [0.15, 0.2) is 0 Å². The Morgan fingerprint density at radius 1 is 0.365 bits per heavy atom. The third kappa shape index (κ3) is 59.8. The number of aliphatic hydroxyl groups is 2. The number of carbonyl (C=O) groups excluding carboxylic acids is 2. The minimum Gasteiger partial charge on any atom is -0.466 e. The van der Waals surface area contributed by atoms with Crippen molar-refractivity contribution in [1.29, 1.82) is 0 Å². The SMILES string of the molecule is CCCCCCCC/C=C\CCCCCCCCCC(=O)OCCCCCCCCCCCCCCCCCCC(=O)NC(CO)C(O)CCCCCCCCCCCCCCCCCCCCCCCCCC. The molecule has 0 spiro atoms. The van der Waals surface area contributed by atoms with Crippen molar-refractivity contribution in [2.75, 3.05) is 13.2 Å². The summed E-state index contributed by atoms with van der Waals surface area (Å²) in [4.78, 5) is 24.6. The molecule has 3 N–H and O–H groups in total. The van der Waals surface area contributed by atoms with Crippen LogP contribution in [0.1, 0.15) is 386 Å². The molecule has 0 bridgehead atoms. The van der Waals surface area contributed by atoms with E-state index in [9.17, 15) is 19.8 Å². The predicted octanol–water partition coefficient (Wildman–Crippen LogP) is 21.6. The molecule has 0 rings (SSSR count). The van der Waals surface area contributed by atoms with Gasteiger partial charge in [-0.1, -0.05) is 334 Å². The van der Waals surface area contributed by atoms with Crippen molar-refractivity contribution in [3.8, 4) is 0 Å². The van der Waals surface area contributed by atoms with Crippen LogP contribution in [0.5, 0.6) is 0 Å². The molecule has 0 aromatic carbocycles. The Morgan fingerprint density at radius 2 is 0.635 bits per heavy atom. The summed E-state index contributed by atoms with van der Waals surface area (Å²) in [6.07, 6.45) is 78.1. The second kappa shape index (κ2) is 64.1. The lowest BCUT2D eigenvalue weighted by Crippen LogP contribution is -2.45. The van der Waals surface area contributed by atoms with Gasteiger partial charge in [0.2, 0.25) is 5.91 Å². The van der Waals surface area contributed by atoms with E-state index in [2.05, 4.69) is 31.3 Å². The van der Waals surface area contributed by atoms with Crippen molar-refractivity contribution in [3.63, 3.8) is 0 Å². The molecule has 0 fully saturated rings. The molecule has 0 aromatic heterocycles. The molecule has 74 heavy (non-hydrogen) atoms. The number of aliphatic hydroxyl groups excluding tert-OH is 2. The highest BCUT2D eigenvalue weighted by atomic mass is 16.5. The number of ether oxygens (including phenoxy) is 1. The zero-order valence-corrected chi connectivity index (χ0v) is 50.4. The lowest BCUT2D eigenvalue weighted by Gasteiger charge is -2.22. The van der Waals surface area contributed by atoms with E-state index < -0.39 is 12.1 Å². The lowest BCUT2D eigenvalue weighted by atomic mass is 10.0. The van der Waals surface area contributed by atoms with Crippen LogP contribution in [-0.2, 0) is 14.3 Å². The van der Waals surface area contributed by atoms with Crippen molar-refractivity contribution in [1.82, 2.24) is 5.32 Å². The summed E-state index contributed by atoms with van der Waals surface area (Å²) in [6, 6.07) is -0.548. The number of allylic oxidation sites excluding steroid dienone is 2. The molecular weight excluding hydrogens is 911 g/mol. The fourth-order valence-electron chi connectivity index (χ4n) is 10.9. The van der Waals surface area contributed by atoms with Crippen LogP contribution in [-0.4, -0.2) is 47.4 Å². The van der Waals surface area contributed by atoms with Gasteiger partial charge in [-0.3, -0.25) is 9.59 Å². The molecule has 0 radical (unpaired) electrons. The second-order valence-electron chi connectivity index (χ2n) is 23.5. The smallest absolute Gasteiger partial charge is 0.305 e. The van der Waals surface area contributed by atoms with Crippen LogP contribution in [0.15, 0.2) is 12.2 Å². The van der Waals surface area contributed by atoms with Crippen molar-refractivity contribution >= 4 is 11.9 Å². The molecule has 0 saturated carbocycles. The molecule has 6 nitrogen and oxygen atoms in total. The van der Waals surface area contributed by atoms with E-state index >= 15 is 0 Å². The average molecular weight is 1040 g/mol. The monoisotopic (exact) mass is 1040 g/mol. The van der Waals surface area contributed by atoms with Crippen molar-refractivity contribution in [2.45, 2.75) is 398 Å². The average Bonchev–Trinajstić information content (AvgIpc) is 3.40. The molecule has 2 atom stereocenters. The van der Waals surface area contributed by atoms with Gasteiger partial charge in [-0.05, 0) is 51.4 Å². The first-order valence-electron chi connectivity index (χ1n) is 33.9. The Hall–Kier alpha value is -1.40. The van der Waals surface area contributed by atoms with Gasteiger partial charge >= 0.3 is 5.97 Å². The van der Waals surface area contributed by atoms with Crippen molar-refractivity contribution in [3.05, 3.63) is 12.2 Å². The van der Waals surface area contributed by atoms with Crippen LogP contribution >= 0.6 is 0 Å². The number of amides is 1. The maximum absolute atomic E-state index is 12.5. The first-order valence-corrected chi connectivity index (χ1v) is 33.9. The van der Waals surface area contributed by atoms with E-state index in [0.29, 0.717) is 25.9 Å². The highest BCUT2D eigenvalue weighted by molar-refractivity contribution is 5.76. The topological polar surface area (TPSA) is 95.9 Å². The van der Waals surface area contributed by atoms with Crippen LogP contribution in [0, 0.1) is 0 Å². The summed E-state index contributed by atoms with van der Waals surface area (Å²) in [5.74, 6) is -0.0355. The summed E-state index contributed by atoms with van der Waals surface area (Å²) < 4.78 is 5.49. The summed E-state index contributed by atoms with van der Waals surface area (Å²) in [7, 11) is 0. The Bertz CT molecular complexity index is 1110. The van der Waals surface area contributed by atoms with Gasteiger partial charge in [0.05, 0.1) is 25.4 Å². The maximum Gasteiger partial charge on any atom is 0.305 e. The van der Waals surface area contributed by atoms with Crippen LogP contribution in [0.3, 0.4) is 0 Å². The molecule has 0 aliphatic heterocycles. The van der Waals surface area contributed by atoms with E-state index in [0.717, 1.165) is 44.9 Å². The van der Waals surface area contributed by atoms with Crippen LogP contribution in [0.25, 0.3) is 0 Å². The number of esters is 1. The number of hydrogen-bond donors (Lipinski definition) is 3. The predicted molar refractivity (Wildman–Crippen MR) is 324 cm³/mol. The van der Waals surface area contributed by atoms with Gasteiger partial charge in [-0.15, -0.1) is 0 Å². The third-order valence-corrected chi connectivity index (χ3v) is 16.1. The molecule has 1 amide bonds. The molecular formula is C68H133NO5. The van der Waals surface area contributed by atoms with Gasteiger partial charge in [-0.2, -0.15) is 0 Å². The molecule has 6 heteroatoms. The van der Waals surface area contributed by atoms with Gasteiger partial charge < -0.3 is 20.3 Å². The Labute approximate surface area is 463 Å². The normalized spacial score (nSPS) is 12.5. The molecule has 0 aliphatic carbocycles. The fourth-order valence-corrected chi connectivity index (χ4v) is 10.9. The van der Waals surface area contributed by atoms with E-state index in [1.54, 1.807) is 0 Å². The number of nitrogens with one attached hydrogen (secondary N) is 1. The number of hydrogen-bond acceptors (Lipinski definition) is 5. The van der Waals surface area contributed by atoms with Gasteiger partial charge in [-0.25, -0.2) is 0 Å². The first-order chi connectivity index (χ1) is 36.5. The van der Waals surface area contributed by atoms with Gasteiger partial charge in [0, 0.05) is 12.8 Å². The molecule has 0 saturated heterocycles. The molecule has 440 valence electrons. The fraction of sp³-hybridized carbons (Fsp3) is 0.941. The maximum atomic E-state index is 12.5. The van der Waals surface area contributed by atoms with Crippen LogP contribution in [0.2, 0.25) is 0 Å². The number of carbonyl (C=O) groups is 2. The van der Waals surface area contributed by atoms with Crippen molar-refractivity contribution in [2.24, 2.45) is 0 Å². The minimum atomic E-state index is -0.670. The zero-order chi connectivity index (χ0) is 53.6. The molecule has 0 aromatic rings. The van der Waals surface area contributed by atoms with Crippen molar-refractivity contribution < 1.29 is 24.5 Å². The summed E-state index contributed by atoms with van der Waals surface area (Å²) in [5.41, 5.74) is 0. The minimum absolute atomic E-state index is 0.00139. The van der Waals surface area contributed by atoms with Crippen LogP contribution in [0.4, 0.5) is 0 Å². The van der Waals surface area contributed by atoms with Gasteiger partial charge in [0.25, 0.3) is 0 Å². The van der Waals surface area contributed by atoms with E-state index in [1.165, 1.54) is 308 Å². The number of rotatable bonds is 64. The highest BCUT2D eigenvalue weighted by Crippen LogP contribution is 2.19. The quantitative estimate of drug-likeness (QED) is 0.0320. The van der Waals surface area contributed by atoms with E-state index in [4.69, 9.17) is 4.74 Å². The van der Waals surface area contributed by atoms with Crippen LogP contribution < -0.4 is 5.32 Å². The first kappa shape index (κ1) is 72.6. The summed E-state index contributed by atoms with van der Waals surface area (Å²) in [5, 5.41) is 23.4.